The van der Waals surface area contributed by atoms with E-state index in [2.05, 4.69) is 36.6 Å². The SMILES string of the molecule is NC1(CNS(=O)(=O)c2cc(Br)ccc2Br)CCCCC1. The number of hydrogen-bond donors (Lipinski definition) is 2. The van der Waals surface area contributed by atoms with Gasteiger partial charge in [0.1, 0.15) is 0 Å². The Hall–Kier alpha value is 0.0500. The van der Waals surface area contributed by atoms with Gasteiger partial charge in [0.2, 0.25) is 10.0 Å². The van der Waals surface area contributed by atoms with Gasteiger partial charge in [-0.2, -0.15) is 0 Å². The molecule has 0 bridgehead atoms. The van der Waals surface area contributed by atoms with Crippen LogP contribution >= 0.6 is 31.9 Å². The first kappa shape index (κ1) is 16.4. The van der Waals surface area contributed by atoms with E-state index in [4.69, 9.17) is 5.73 Å². The highest BCUT2D eigenvalue weighted by atomic mass is 79.9. The summed E-state index contributed by atoms with van der Waals surface area (Å²) in [6.07, 6.45) is 5.06. The van der Waals surface area contributed by atoms with Crippen LogP contribution in [0.4, 0.5) is 0 Å². The van der Waals surface area contributed by atoms with Gasteiger partial charge in [0, 0.05) is 21.0 Å². The minimum absolute atomic E-state index is 0.228. The molecule has 7 heteroatoms. The van der Waals surface area contributed by atoms with Crippen molar-refractivity contribution in [2.45, 2.75) is 42.5 Å². The van der Waals surface area contributed by atoms with Crippen molar-refractivity contribution in [2.75, 3.05) is 6.54 Å². The fourth-order valence-corrected chi connectivity index (χ4v) is 5.07. The lowest BCUT2D eigenvalue weighted by Gasteiger charge is -2.33. The van der Waals surface area contributed by atoms with Gasteiger partial charge in [0.05, 0.1) is 4.90 Å². The molecule has 1 fully saturated rings. The lowest BCUT2D eigenvalue weighted by Crippen LogP contribution is -2.51. The lowest BCUT2D eigenvalue weighted by molar-refractivity contribution is 0.296. The predicted molar refractivity (Wildman–Crippen MR) is 87.0 cm³/mol. The average molecular weight is 426 g/mol. The second kappa shape index (κ2) is 6.44. The predicted octanol–water partition coefficient (Wildman–Crippen LogP) is 3.15. The Morgan fingerprint density at radius 3 is 2.50 bits per heavy atom. The maximum atomic E-state index is 12.4. The molecule has 0 amide bonds. The maximum absolute atomic E-state index is 12.4. The molecule has 112 valence electrons. The summed E-state index contributed by atoms with van der Waals surface area (Å²) in [5, 5.41) is 0. The van der Waals surface area contributed by atoms with Crippen LogP contribution in [0.2, 0.25) is 0 Å². The van der Waals surface area contributed by atoms with Gasteiger partial charge in [-0.1, -0.05) is 35.2 Å². The van der Waals surface area contributed by atoms with E-state index in [1.807, 2.05) is 0 Å². The number of sulfonamides is 1. The molecule has 1 aromatic rings. The number of rotatable bonds is 4. The van der Waals surface area contributed by atoms with Crippen molar-refractivity contribution in [2.24, 2.45) is 5.73 Å². The number of benzene rings is 1. The number of nitrogens with one attached hydrogen (secondary N) is 1. The van der Waals surface area contributed by atoms with Crippen LogP contribution in [0.1, 0.15) is 32.1 Å². The van der Waals surface area contributed by atoms with Gasteiger partial charge in [0.15, 0.2) is 0 Å². The third-order valence-corrected chi connectivity index (χ3v) is 6.53. The molecule has 1 saturated carbocycles. The lowest BCUT2D eigenvalue weighted by atomic mass is 9.83. The number of nitrogens with two attached hydrogens (primary N) is 1. The van der Waals surface area contributed by atoms with Crippen molar-refractivity contribution < 1.29 is 8.42 Å². The first-order chi connectivity index (χ1) is 9.32. The van der Waals surface area contributed by atoms with Gasteiger partial charge < -0.3 is 5.73 Å². The van der Waals surface area contributed by atoms with E-state index in [-0.39, 0.29) is 11.4 Å². The summed E-state index contributed by atoms with van der Waals surface area (Å²) < 4.78 is 28.7. The Labute approximate surface area is 136 Å². The van der Waals surface area contributed by atoms with Crippen LogP contribution < -0.4 is 10.5 Å². The van der Waals surface area contributed by atoms with Gasteiger partial charge in [0.25, 0.3) is 0 Å². The molecule has 1 aromatic carbocycles. The van der Waals surface area contributed by atoms with Crippen LogP contribution in [0.3, 0.4) is 0 Å². The zero-order valence-electron chi connectivity index (χ0n) is 11.0. The average Bonchev–Trinajstić information content (AvgIpc) is 2.40. The highest BCUT2D eigenvalue weighted by Crippen LogP contribution is 2.28. The van der Waals surface area contributed by atoms with E-state index in [0.29, 0.717) is 4.47 Å². The molecule has 20 heavy (non-hydrogen) atoms. The molecule has 0 unspecified atom stereocenters. The van der Waals surface area contributed by atoms with Crippen molar-refractivity contribution in [1.82, 2.24) is 4.72 Å². The van der Waals surface area contributed by atoms with Crippen LogP contribution in [-0.4, -0.2) is 20.5 Å². The molecule has 0 aliphatic heterocycles. The van der Waals surface area contributed by atoms with Crippen molar-refractivity contribution in [3.63, 3.8) is 0 Å². The second-order valence-electron chi connectivity index (χ2n) is 5.32. The van der Waals surface area contributed by atoms with Gasteiger partial charge in [-0.3, -0.25) is 0 Å². The molecule has 0 atom stereocenters. The Balaban J connectivity index is 2.13. The Bertz CT molecular complexity index is 584. The first-order valence-corrected chi connectivity index (χ1v) is 9.63. The fraction of sp³-hybridized carbons (Fsp3) is 0.538. The highest BCUT2D eigenvalue weighted by Gasteiger charge is 2.29. The van der Waals surface area contributed by atoms with Crippen molar-refractivity contribution in [3.8, 4) is 0 Å². The molecule has 0 aromatic heterocycles. The monoisotopic (exact) mass is 424 g/mol. The molecule has 1 aliphatic rings. The fourth-order valence-electron chi connectivity index (χ4n) is 2.43. The number of hydrogen-bond acceptors (Lipinski definition) is 3. The van der Waals surface area contributed by atoms with Crippen LogP contribution in [0, 0.1) is 0 Å². The molecule has 0 spiro atoms. The van der Waals surface area contributed by atoms with Gasteiger partial charge in [-0.05, 0) is 47.0 Å². The maximum Gasteiger partial charge on any atom is 0.241 e. The summed E-state index contributed by atoms with van der Waals surface area (Å²) in [4.78, 5) is 0.228. The van der Waals surface area contributed by atoms with Gasteiger partial charge in [-0.25, -0.2) is 13.1 Å². The molecule has 4 nitrogen and oxygen atoms in total. The van der Waals surface area contributed by atoms with Gasteiger partial charge in [-0.15, -0.1) is 0 Å². The smallest absolute Gasteiger partial charge is 0.241 e. The zero-order chi connectivity index (χ0) is 14.8. The largest absolute Gasteiger partial charge is 0.324 e. The van der Waals surface area contributed by atoms with Crippen molar-refractivity contribution >= 4 is 41.9 Å². The van der Waals surface area contributed by atoms with E-state index in [1.165, 1.54) is 6.42 Å². The highest BCUT2D eigenvalue weighted by molar-refractivity contribution is 9.11. The van der Waals surface area contributed by atoms with Crippen LogP contribution in [0.5, 0.6) is 0 Å². The van der Waals surface area contributed by atoms with Crippen molar-refractivity contribution in [1.29, 1.82) is 0 Å². The van der Waals surface area contributed by atoms with Crippen LogP contribution in [0.25, 0.3) is 0 Å². The normalized spacial score (nSPS) is 18.9. The van der Waals surface area contributed by atoms with E-state index in [0.717, 1.165) is 30.2 Å². The van der Waals surface area contributed by atoms with E-state index >= 15 is 0 Å². The summed E-state index contributed by atoms with van der Waals surface area (Å²) in [6.45, 7) is 0.286. The van der Waals surface area contributed by atoms with E-state index in [9.17, 15) is 8.42 Å². The topological polar surface area (TPSA) is 72.2 Å². The molecule has 0 radical (unpaired) electrons. The van der Waals surface area contributed by atoms with E-state index < -0.39 is 15.6 Å². The van der Waals surface area contributed by atoms with Crippen LogP contribution in [-0.2, 0) is 10.0 Å². The molecule has 2 rings (SSSR count). The van der Waals surface area contributed by atoms with Crippen LogP contribution in [0.15, 0.2) is 32.0 Å². The zero-order valence-corrected chi connectivity index (χ0v) is 15.0. The molecule has 1 aliphatic carbocycles. The Morgan fingerprint density at radius 2 is 1.85 bits per heavy atom. The van der Waals surface area contributed by atoms with E-state index in [1.54, 1.807) is 18.2 Å². The minimum Gasteiger partial charge on any atom is -0.324 e. The molecule has 3 N–H and O–H groups in total. The molecule has 0 heterocycles. The van der Waals surface area contributed by atoms with Crippen molar-refractivity contribution in [3.05, 3.63) is 27.1 Å². The molecular weight excluding hydrogens is 408 g/mol. The quantitative estimate of drug-likeness (QED) is 0.778. The first-order valence-electron chi connectivity index (χ1n) is 6.56. The third kappa shape index (κ3) is 4.04. The van der Waals surface area contributed by atoms with Gasteiger partial charge >= 0.3 is 0 Å². The Morgan fingerprint density at radius 1 is 1.20 bits per heavy atom. The third-order valence-electron chi connectivity index (χ3n) is 3.65. The number of halogens is 2. The second-order valence-corrected chi connectivity index (χ2v) is 8.83. The molecule has 0 saturated heterocycles. The minimum atomic E-state index is -3.56. The summed E-state index contributed by atoms with van der Waals surface area (Å²) in [5.41, 5.74) is 5.85. The summed E-state index contributed by atoms with van der Waals surface area (Å²) in [7, 11) is -3.56. The Kier molecular flexibility index (Phi) is 5.29. The summed E-state index contributed by atoms with van der Waals surface area (Å²) in [6, 6.07) is 5.07. The summed E-state index contributed by atoms with van der Waals surface area (Å²) >= 11 is 6.56. The summed E-state index contributed by atoms with van der Waals surface area (Å²) in [5.74, 6) is 0. The standard InChI is InChI=1S/C13H18Br2N2O2S/c14-10-4-5-11(15)12(8-10)20(18,19)17-9-13(16)6-2-1-3-7-13/h4-5,8,17H,1-3,6-7,9,16H2. The molecular formula is C13H18Br2N2O2S.